The molecular weight excluding hydrogens is 321 g/mol. The van der Waals surface area contributed by atoms with Crippen LogP contribution in [0.4, 0.5) is 18.0 Å². The van der Waals surface area contributed by atoms with Crippen LogP contribution in [0.1, 0.15) is 33.6 Å². The van der Waals surface area contributed by atoms with Gasteiger partial charge in [-0.3, -0.25) is 9.69 Å². The van der Waals surface area contributed by atoms with Crippen LogP contribution in [0.25, 0.3) is 0 Å². The zero-order valence-electron chi connectivity index (χ0n) is 12.9. The molecule has 1 saturated heterocycles. The number of amides is 2. The first-order valence-corrected chi connectivity index (χ1v) is 6.93. The summed E-state index contributed by atoms with van der Waals surface area (Å²) >= 11 is 0. The van der Waals surface area contributed by atoms with Crippen molar-refractivity contribution in [3.8, 4) is 0 Å². The molecule has 0 aromatic heterocycles. The second-order valence-electron chi connectivity index (χ2n) is 6.18. The molecule has 0 radical (unpaired) electrons. The van der Waals surface area contributed by atoms with Crippen LogP contribution in [0.15, 0.2) is 0 Å². The van der Waals surface area contributed by atoms with E-state index in [1.54, 1.807) is 26.1 Å². The minimum Gasteiger partial charge on any atom is -0.480 e. The summed E-state index contributed by atoms with van der Waals surface area (Å²) in [6, 6.07) is -2.97. The molecule has 0 aromatic carbocycles. The number of carbonyl (C=O) groups excluding carboxylic acids is 2. The number of nitrogens with zero attached hydrogens (tertiary/aromatic N) is 1. The Labute approximate surface area is 130 Å². The number of alkyl halides is 3. The molecule has 7 nitrogen and oxygen atoms in total. The van der Waals surface area contributed by atoms with Crippen molar-refractivity contribution < 1.29 is 37.4 Å². The number of likely N-dealkylation sites (tertiary alicyclic amines) is 1. The molecule has 23 heavy (non-hydrogen) atoms. The fourth-order valence-corrected chi connectivity index (χ4v) is 2.23. The molecule has 1 fully saturated rings. The molecule has 10 heteroatoms. The van der Waals surface area contributed by atoms with E-state index in [1.807, 2.05) is 0 Å². The fourth-order valence-electron chi connectivity index (χ4n) is 2.23. The summed E-state index contributed by atoms with van der Waals surface area (Å²) in [5.41, 5.74) is -0.887. The molecule has 2 unspecified atom stereocenters. The molecule has 1 heterocycles. The average molecular weight is 340 g/mol. The zero-order chi connectivity index (χ0) is 18.0. The Morgan fingerprint density at radius 1 is 1.22 bits per heavy atom. The predicted molar refractivity (Wildman–Crippen MR) is 71.6 cm³/mol. The van der Waals surface area contributed by atoms with E-state index in [2.05, 4.69) is 0 Å². The summed E-state index contributed by atoms with van der Waals surface area (Å²) in [4.78, 5) is 35.3. The quantitative estimate of drug-likeness (QED) is 0.794. The van der Waals surface area contributed by atoms with Crippen molar-refractivity contribution in [1.82, 2.24) is 10.2 Å². The lowest BCUT2D eigenvalue weighted by molar-refractivity contribution is -0.175. The minimum atomic E-state index is -5.13. The number of piperidine rings is 1. The minimum absolute atomic E-state index is 0.0120. The maximum Gasteiger partial charge on any atom is 0.471 e. The summed E-state index contributed by atoms with van der Waals surface area (Å²) in [7, 11) is 0. The van der Waals surface area contributed by atoms with E-state index in [0.29, 0.717) is 0 Å². The topological polar surface area (TPSA) is 95.9 Å². The van der Waals surface area contributed by atoms with E-state index >= 15 is 0 Å². The number of carboxylic acid groups (broad SMARTS) is 1. The number of carboxylic acids is 1. The fraction of sp³-hybridized carbons (Fsp3) is 0.769. The highest BCUT2D eigenvalue weighted by Crippen LogP contribution is 2.23. The molecule has 1 aliphatic heterocycles. The van der Waals surface area contributed by atoms with Crippen molar-refractivity contribution in [3.05, 3.63) is 0 Å². The van der Waals surface area contributed by atoms with Crippen LogP contribution < -0.4 is 5.32 Å². The molecular formula is C13H19F3N2O5. The van der Waals surface area contributed by atoms with Crippen LogP contribution >= 0.6 is 0 Å². The number of aliphatic carboxylic acids is 1. The Morgan fingerprint density at radius 2 is 1.78 bits per heavy atom. The van der Waals surface area contributed by atoms with Crippen molar-refractivity contribution in [2.45, 2.75) is 57.5 Å². The van der Waals surface area contributed by atoms with Gasteiger partial charge in [0.05, 0.1) is 6.04 Å². The third kappa shape index (κ3) is 5.29. The molecule has 0 aromatic rings. The van der Waals surface area contributed by atoms with Crippen molar-refractivity contribution in [2.24, 2.45) is 0 Å². The zero-order valence-corrected chi connectivity index (χ0v) is 12.9. The normalized spacial score (nSPS) is 22.4. The Morgan fingerprint density at radius 3 is 2.22 bits per heavy atom. The summed E-state index contributed by atoms with van der Waals surface area (Å²) in [6.07, 6.45) is -5.82. The highest BCUT2D eigenvalue weighted by Gasteiger charge is 2.46. The Balaban J connectivity index is 2.95. The number of nitrogens with one attached hydrogen (secondary N) is 1. The highest BCUT2D eigenvalue weighted by molar-refractivity contribution is 5.85. The maximum absolute atomic E-state index is 12.3. The van der Waals surface area contributed by atoms with Gasteiger partial charge in [0, 0.05) is 6.54 Å². The lowest BCUT2D eigenvalue weighted by Crippen LogP contribution is -2.62. The second kappa shape index (κ2) is 6.63. The summed E-state index contributed by atoms with van der Waals surface area (Å²) in [6.45, 7) is 4.75. The van der Waals surface area contributed by atoms with Gasteiger partial charge < -0.3 is 15.2 Å². The highest BCUT2D eigenvalue weighted by atomic mass is 19.4. The molecule has 1 rings (SSSR count). The van der Waals surface area contributed by atoms with Crippen LogP contribution in [0.2, 0.25) is 0 Å². The number of carbonyl (C=O) groups is 3. The van der Waals surface area contributed by atoms with Gasteiger partial charge in [-0.05, 0) is 33.6 Å². The van der Waals surface area contributed by atoms with E-state index in [9.17, 15) is 32.7 Å². The van der Waals surface area contributed by atoms with Gasteiger partial charge in [0.1, 0.15) is 5.60 Å². The van der Waals surface area contributed by atoms with Crippen molar-refractivity contribution in [2.75, 3.05) is 6.54 Å². The van der Waals surface area contributed by atoms with Crippen molar-refractivity contribution >= 4 is 18.0 Å². The van der Waals surface area contributed by atoms with E-state index < -0.39 is 41.8 Å². The van der Waals surface area contributed by atoms with Crippen LogP contribution in [0, 0.1) is 0 Å². The van der Waals surface area contributed by atoms with Crippen molar-refractivity contribution in [1.29, 1.82) is 0 Å². The molecule has 2 amide bonds. The molecule has 2 atom stereocenters. The van der Waals surface area contributed by atoms with Gasteiger partial charge in [0.15, 0.2) is 6.04 Å². The summed E-state index contributed by atoms with van der Waals surface area (Å²) < 4.78 is 42.1. The van der Waals surface area contributed by atoms with Crippen molar-refractivity contribution in [3.63, 3.8) is 0 Å². The third-order valence-electron chi connectivity index (χ3n) is 3.09. The van der Waals surface area contributed by atoms with Crippen LogP contribution in [-0.2, 0) is 14.3 Å². The lowest BCUT2D eigenvalue weighted by Gasteiger charge is -2.39. The van der Waals surface area contributed by atoms with Gasteiger partial charge in [-0.15, -0.1) is 0 Å². The standard InChI is InChI=1S/C13H19F3N2O5/c1-12(2,3)23-11(22)18-6-4-5-7(8(18)9(19)20)17-10(21)13(14,15)16/h7-8H,4-6H2,1-3H3,(H,17,21)(H,19,20). The van der Waals surface area contributed by atoms with E-state index in [-0.39, 0.29) is 19.4 Å². The van der Waals surface area contributed by atoms with Crippen LogP contribution in [0.5, 0.6) is 0 Å². The van der Waals surface area contributed by atoms with Gasteiger partial charge in [0.2, 0.25) is 0 Å². The SMILES string of the molecule is CC(C)(C)OC(=O)N1CCCC(NC(=O)C(F)(F)F)C1C(=O)O. The van der Waals surface area contributed by atoms with Crippen LogP contribution in [-0.4, -0.2) is 58.4 Å². The molecule has 0 aliphatic carbocycles. The van der Waals surface area contributed by atoms with E-state index in [1.165, 1.54) is 0 Å². The Bertz CT molecular complexity index is 487. The number of halogens is 3. The molecule has 0 saturated carbocycles. The Kier molecular flexibility index (Phi) is 5.49. The summed E-state index contributed by atoms with van der Waals surface area (Å²) in [5, 5.41) is 10.9. The van der Waals surface area contributed by atoms with Gasteiger partial charge in [-0.1, -0.05) is 0 Å². The maximum atomic E-state index is 12.3. The smallest absolute Gasteiger partial charge is 0.471 e. The average Bonchev–Trinajstić information content (AvgIpc) is 2.34. The second-order valence-corrected chi connectivity index (χ2v) is 6.18. The van der Waals surface area contributed by atoms with E-state index in [4.69, 9.17) is 4.74 Å². The lowest BCUT2D eigenvalue weighted by atomic mass is 9.96. The number of ether oxygens (including phenoxy) is 1. The van der Waals surface area contributed by atoms with Gasteiger partial charge in [-0.2, -0.15) is 13.2 Å². The Hall–Kier alpha value is -2.00. The van der Waals surface area contributed by atoms with E-state index in [0.717, 1.165) is 4.90 Å². The summed E-state index contributed by atoms with van der Waals surface area (Å²) in [5.74, 6) is -3.75. The largest absolute Gasteiger partial charge is 0.480 e. The first-order valence-electron chi connectivity index (χ1n) is 6.93. The molecule has 1 aliphatic rings. The predicted octanol–water partition coefficient (Wildman–Crippen LogP) is 1.52. The third-order valence-corrected chi connectivity index (χ3v) is 3.09. The van der Waals surface area contributed by atoms with Gasteiger partial charge in [-0.25, -0.2) is 9.59 Å². The number of hydrogen-bond donors (Lipinski definition) is 2. The first kappa shape index (κ1) is 19.0. The van der Waals surface area contributed by atoms with Gasteiger partial charge in [0.25, 0.3) is 0 Å². The van der Waals surface area contributed by atoms with Crippen LogP contribution in [0.3, 0.4) is 0 Å². The molecule has 0 spiro atoms. The number of hydrogen-bond acceptors (Lipinski definition) is 4. The molecule has 2 N–H and O–H groups in total. The number of rotatable bonds is 2. The van der Waals surface area contributed by atoms with Gasteiger partial charge >= 0.3 is 24.1 Å². The molecule has 132 valence electrons. The first-order chi connectivity index (χ1) is 10.3. The molecule has 0 bridgehead atoms. The monoisotopic (exact) mass is 340 g/mol.